The molecule has 2 atom stereocenters. The lowest BCUT2D eigenvalue weighted by atomic mass is 9.88. The van der Waals surface area contributed by atoms with Gasteiger partial charge in [-0.3, -0.25) is 0 Å². The predicted octanol–water partition coefficient (Wildman–Crippen LogP) is 5.99. The maximum absolute atomic E-state index is 9.94. The topological polar surface area (TPSA) is 45.0 Å². The van der Waals surface area contributed by atoms with Gasteiger partial charge in [-0.1, -0.05) is 64.5 Å². The van der Waals surface area contributed by atoms with E-state index < -0.39 is 0 Å². The Balaban J connectivity index is 1.93. The van der Waals surface area contributed by atoms with E-state index in [4.69, 9.17) is 4.74 Å². The SMILES string of the molecule is COc1ccc(N[C@H](c2ccccc2Br)C(C#N)Cc2ccccc2)cc1. The third kappa shape index (κ3) is 4.90. The number of nitrogens with zero attached hydrogens (tertiary/aromatic N) is 1. The molecule has 0 saturated heterocycles. The molecule has 3 rings (SSSR count). The van der Waals surface area contributed by atoms with E-state index >= 15 is 0 Å². The molecule has 27 heavy (non-hydrogen) atoms. The van der Waals surface area contributed by atoms with Crippen LogP contribution in [0.5, 0.6) is 5.75 Å². The van der Waals surface area contributed by atoms with Gasteiger partial charge in [0.2, 0.25) is 0 Å². The minimum absolute atomic E-state index is 0.154. The smallest absolute Gasteiger partial charge is 0.119 e. The number of nitriles is 1. The summed E-state index contributed by atoms with van der Waals surface area (Å²) in [5, 5.41) is 13.5. The third-order valence-electron chi connectivity index (χ3n) is 4.52. The minimum Gasteiger partial charge on any atom is -0.497 e. The lowest BCUT2D eigenvalue weighted by molar-refractivity contribution is 0.415. The predicted molar refractivity (Wildman–Crippen MR) is 113 cm³/mol. The number of benzene rings is 3. The number of ether oxygens (including phenoxy) is 1. The molecule has 3 aromatic carbocycles. The van der Waals surface area contributed by atoms with E-state index in [0.717, 1.165) is 27.0 Å². The molecule has 3 nitrogen and oxygen atoms in total. The monoisotopic (exact) mass is 420 g/mol. The molecular formula is C23H21BrN2O. The van der Waals surface area contributed by atoms with Crippen molar-refractivity contribution >= 4 is 21.6 Å². The van der Waals surface area contributed by atoms with Gasteiger partial charge in [-0.2, -0.15) is 5.26 Å². The zero-order valence-corrected chi connectivity index (χ0v) is 16.7. The van der Waals surface area contributed by atoms with Crippen molar-refractivity contribution in [2.75, 3.05) is 12.4 Å². The van der Waals surface area contributed by atoms with Crippen molar-refractivity contribution < 1.29 is 4.74 Å². The number of rotatable bonds is 7. The number of nitrogens with one attached hydrogen (secondary N) is 1. The highest BCUT2D eigenvalue weighted by molar-refractivity contribution is 9.10. The molecule has 136 valence electrons. The summed E-state index contributed by atoms with van der Waals surface area (Å²) in [6.07, 6.45) is 0.673. The van der Waals surface area contributed by atoms with Crippen LogP contribution in [0.15, 0.2) is 83.3 Å². The Morgan fingerprint density at radius 3 is 2.26 bits per heavy atom. The number of methoxy groups -OCH3 is 1. The van der Waals surface area contributed by atoms with Crippen molar-refractivity contribution in [2.45, 2.75) is 12.5 Å². The molecule has 0 bridgehead atoms. The molecule has 1 N–H and O–H groups in total. The molecule has 0 saturated carbocycles. The zero-order chi connectivity index (χ0) is 19.1. The van der Waals surface area contributed by atoms with Gasteiger partial charge in [0.05, 0.1) is 25.1 Å². The number of hydrogen-bond acceptors (Lipinski definition) is 3. The molecule has 4 heteroatoms. The lowest BCUT2D eigenvalue weighted by Gasteiger charge is -2.26. The normalized spacial score (nSPS) is 12.6. The van der Waals surface area contributed by atoms with E-state index in [9.17, 15) is 5.26 Å². The third-order valence-corrected chi connectivity index (χ3v) is 5.24. The van der Waals surface area contributed by atoms with Crippen molar-refractivity contribution in [3.8, 4) is 11.8 Å². The van der Waals surface area contributed by atoms with Crippen LogP contribution in [0.4, 0.5) is 5.69 Å². The molecule has 0 aliphatic rings. The Bertz CT molecular complexity index is 904. The van der Waals surface area contributed by atoms with Crippen molar-refractivity contribution in [1.82, 2.24) is 0 Å². The summed E-state index contributed by atoms with van der Waals surface area (Å²) in [6.45, 7) is 0. The highest BCUT2D eigenvalue weighted by atomic mass is 79.9. The van der Waals surface area contributed by atoms with Gasteiger partial charge in [-0.25, -0.2) is 0 Å². The molecule has 0 spiro atoms. The van der Waals surface area contributed by atoms with E-state index in [1.807, 2.05) is 60.7 Å². The molecule has 0 radical (unpaired) electrons. The molecule has 3 aromatic rings. The maximum atomic E-state index is 9.94. The fraction of sp³-hybridized carbons (Fsp3) is 0.174. The largest absolute Gasteiger partial charge is 0.497 e. The van der Waals surface area contributed by atoms with Crippen LogP contribution in [0, 0.1) is 17.2 Å². The molecule has 0 aliphatic carbocycles. The fourth-order valence-corrected chi connectivity index (χ4v) is 3.63. The first-order valence-corrected chi connectivity index (χ1v) is 9.59. The summed E-state index contributed by atoms with van der Waals surface area (Å²) in [5.41, 5.74) is 3.17. The Labute approximate surface area is 168 Å². The first-order valence-electron chi connectivity index (χ1n) is 8.80. The van der Waals surface area contributed by atoms with Crippen LogP contribution >= 0.6 is 15.9 Å². The molecule has 0 aromatic heterocycles. The van der Waals surface area contributed by atoms with Gasteiger partial charge in [-0.15, -0.1) is 0 Å². The van der Waals surface area contributed by atoms with Gasteiger partial charge >= 0.3 is 0 Å². The molecule has 1 unspecified atom stereocenters. The Kier molecular flexibility index (Phi) is 6.51. The number of halogens is 1. The van der Waals surface area contributed by atoms with E-state index in [2.05, 4.69) is 45.5 Å². The Morgan fingerprint density at radius 2 is 1.63 bits per heavy atom. The second-order valence-corrected chi connectivity index (χ2v) is 7.15. The lowest BCUT2D eigenvalue weighted by Crippen LogP contribution is -2.22. The van der Waals surface area contributed by atoms with Gasteiger partial charge in [0.1, 0.15) is 5.75 Å². The summed E-state index contributed by atoms with van der Waals surface area (Å²) < 4.78 is 6.23. The van der Waals surface area contributed by atoms with Crippen LogP contribution in [0.2, 0.25) is 0 Å². The van der Waals surface area contributed by atoms with Gasteiger partial charge in [0, 0.05) is 10.2 Å². The first kappa shape index (κ1) is 19.0. The molecular weight excluding hydrogens is 400 g/mol. The summed E-state index contributed by atoms with van der Waals surface area (Å²) >= 11 is 3.65. The average molecular weight is 421 g/mol. The molecule has 0 amide bonds. The van der Waals surface area contributed by atoms with E-state index in [1.54, 1.807) is 7.11 Å². The van der Waals surface area contributed by atoms with E-state index in [1.165, 1.54) is 0 Å². The van der Waals surface area contributed by atoms with Crippen LogP contribution in [-0.4, -0.2) is 7.11 Å². The minimum atomic E-state index is -0.229. The van der Waals surface area contributed by atoms with E-state index in [-0.39, 0.29) is 12.0 Å². The van der Waals surface area contributed by atoms with Crippen LogP contribution in [-0.2, 0) is 6.42 Å². The van der Waals surface area contributed by atoms with Gasteiger partial charge in [-0.05, 0) is 47.9 Å². The molecule has 0 heterocycles. The Morgan fingerprint density at radius 1 is 0.963 bits per heavy atom. The second-order valence-electron chi connectivity index (χ2n) is 6.30. The first-order chi connectivity index (χ1) is 13.2. The van der Waals surface area contributed by atoms with Crippen molar-refractivity contribution in [3.63, 3.8) is 0 Å². The average Bonchev–Trinajstić information content (AvgIpc) is 2.72. The molecule has 0 fully saturated rings. The van der Waals surface area contributed by atoms with E-state index in [0.29, 0.717) is 6.42 Å². The summed E-state index contributed by atoms with van der Waals surface area (Å²) in [6, 6.07) is 28.3. The zero-order valence-electron chi connectivity index (χ0n) is 15.1. The number of hydrogen-bond donors (Lipinski definition) is 1. The summed E-state index contributed by atoms with van der Waals surface area (Å²) in [5.74, 6) is 0.576. The van der Waals surface area contributed by atoms with Crippen LogP contribution in [0.3, 0.4) is 0 Å². The standard InChI is InChI=1S/C23H21BrN2O/c1-27-20-13-11-19(12-14-20)26-23(21-9-5-6-10-22(21)24)18(16-25)15-17-7-3-2-4-8-17/h2-14,18,23,26H,15H2,1H3/t18?,23-/m0/s1. The van der Waals surface area contributed by atoms with Crippen LogP contribution in [0.25, 0.3) is 0 Å². The fourth-order valence-electron chi connectivity index (χ4n) is 3.10. The van der Waals surface area contributed by atoms with Crippen molar-refractivity contribution in [1.29, 1.82) is 5.26 Å². The summed E-state index contributed by atoms with van der Waals surface area (Å²) in [4.78, 5) is 0. The number of anilines is 1. The second kappa shape index (κ2) is 9.25. The van der Waals surface area contributed by atoms with Crippen molar-refractivity contribution in [3.05, 3.63) is 94.5 Å². The maximum Gasteiger partial charge on any atom is 0.119 e. The quantitative estimate of drug-likeness (QED) is 0.510. The molecule has 0 aliphatic heterocycles. The van der Waals surface area contributed by atoms with Crippen LogP contribution in [0.1, 0.15) is 17.2 Å². The summed E-state index contributed by atoms with van der Waals surface area (Å²) in [7, 11) is 1.65. The Hall–Kier alpha value is -2.77. The van der Waals surface area contributed by atoms with Crippen LogP contribution < -0.4 is 10.1 Å². The van der Waals surface area contributed by atoms with Gasteiger partial charge < -0.3 is 10.1 Å². The highest BCUT2D eigenvalue weighted by Gasteiger charge is 2.25. The van der Waals surface area contributed by atoms with Crippen molar-refractivity contribution in [2.24, 2.45) is 5.92 Å². The highest BCUT2D eigenvalue weighted by Crippen LogP contribution is 2.34. The van der Waals surface area contributed by atoms with Gasteiger partial charge in [0.15, 0.2) is 0 Å². The van der Waals surface area contributed by atoms with Gasteiger partial charge in [0.25, 0.3) is 0 Å².